The van der Waals surface area contributed by atoms with E-state index < -0.39 is 23.9 Å². The van der Waals surface area contributed by atoms with Crippen LogP contribution in [-0.4, -0.2) is 54.4 Å². The largest absolute Gasteiger partial charge is 0.480 e. The number of aromatic carboxylic acids is 1. The van der Waals surface area contributed by atoms with E-state index in [0.29, 0.717) is 25.3 Å². The van der Waals surface area contributed by atoms with Gasteiger partial charge in [0.05, 0.1) is 12.0 Å². The number of amides is 1. The molecule has 0 aliphatic carbocycles. The van der Waals surface area contributed by atoms with Crippen LogP contribution in [0.5, 0.6) is 0 Å². The Morgan fingerprint density at radius 3 is 2.35 bits per heavy atom. The average molecular weight is 324 g/mol. The molecule has 0 heterocycles. The molecule has 0 aromatic heterocycles. The van der Waals surface area contributed by atoms with Gasteiger partial charge in [-0.1, -0.05) is 0 Å². The summed E-state index contributed by atoms with van der Waals surface area (Å²) in [6.07, 6.45) is 0.404. The highest BCUT2D eigenvalue weighted by Crippen LogP contribution is 2.10. The van der Waals surface area contributed by atoms with Crippen molar-refractivity contribution >= 4 is 23.5 Å². The number of carbonyl (C=O) groups excluding carboxylic acids is 1. The van der Waals surface area contributed by atoms with Gasteiger partial charge >= 0.3 is 11.9 Å². The van der Waals surface area contributed by atoms with E-state index in [2.05, 4.69) is 10.6 Å². The monoisotopic (exact) mass is 324 g/mol. The highest BCUT2D eigenvalue weighted by atomic mass is 16.5. The van der Waals surface area contributed by atoms with Crippen LogP contribution in [0.4, 0.5) is 5.69 Å². The zero-order valence-electron chi connectivity index (χ0n) is 12.7. The quantitative estimate of drug-likeness (QED) is 0.469. The van der Waals surface area contributed by atoms with Crippen LogP contribution in [-0.2, 0) is 14.3 Å². The number of methoxy groups -OCH3 is 1. The second-order valence-electron chi connectivity index (χ2n) is 4.83. The molecule has 1 aromatic carbocycles. The second-order valence-corrected chi connectivity index (χ2v) is 4.83. The van der Waals surface area contributed by atoms with Crippen LogP contribution in [0.3, 0.4) is 0 Å². The molecule has 1 amide bonds. The van der Waals surface area contributed by atoms with Crippen molar-refractivity contribution in [2.24, 2.45) is 0 Å². The van der Waals surface area contributed by atoms with Crippen molar-refractivity contribution in [2.75, 3.05) is 25.6 Å². The lowest BCUT2D eigenvalue weighted by molar-refractivity contribution is -0.141. The Labute approximate surface area is 133 Å². The van der Waals surface area contributed by atoms with E-state index in [0.717, 1.165) is 0 Å². The molecular weight excluding hydrogens is 304 g/mol. The average Bonchev–Trinajstić information content (AvgIpc) is 2.50. The number of ether oxygens (including phenoxy) is 1. The summed E-state index contributed by atoms with van der Waals surface area (Å²) >= 11 is 0. The van der Waals surface area contributed by atoms with Crippen molar-refractivity contribution in [1.29, 1.82) is 0 Å². The highest BCUT2D eigenvalue weighted by Gasteiger charge is 2.20. The summed E-state index contributed by atoms with van der Waals surface area (Å²) in [7, 11) is 1.55. The fourth-order valence-electron chi connectivity index (χ4n) is 1.83. The molecule has 8 nitrogen and oxygen atoms in total. The van der Waals surface area contributed by atoms with Gasteiger partial charge in [-0.3, -0.25) is 9.59 Å². The van der Waals surface area contributed by atoms with Crippen LogP contribution < -0.4 is 10.6 Å². The first-order valence-electron chi connectivity index (χ1n) is 7.02. The van der Waals surface area contributed by atoms with Gasteiger partial charge in [-0.2, -0.15) is 0 Å². The van der Waals surface area contributed by atoms with Crippen molar-refractivity contribution < 1.29 is 29.3 Å². The minimum absolute atomic E-state index is 0.103. The van der Waals surface area contributed by atoms with Crippen LogP contribution >= 0.6 is 0 Å². The van der Waals surface area contributed by atoms with Crippen LogP contribution in [0.2, 0.25) is 0 Å². The molecule has 0 fully saturated rings. The summed E-state index contributed by atoms with van der Waals surface area (Å²) in [5.41, 5.74) is 0.509. The summed E-state index contributed by atoms with van der Waals surface area (Å²) in [5, 5.41) is 23.2. The smallest absolute Gasteiger partial charge is 0.335 e. The van der Waals surface area contributed by atoms with E-state index >= 15 is 0 Å². The van der Waals surface area contributed by atoms with Gasteiger partial charge in [0.2, 0.25) is 5.91 Å². The van der Waals surface area contributed by atoms with Crippen LogP contribution in [0.1, 0.15) is 23.2 Å². The van der Waals surface area contributed by atoms with E-state index in [-0.39, 0.29) is 12.0 Å². The third-order valence-corrected chi connectivity index (χ3v) is 3.02. The van der Waals surface area contributed by atoms with Crippen molar-refractivity contribution in [3.63, 3.8) is 0 Å². The van der Waals surface area contributed by atoms with Crippen molar-refractivity contribution in [3.8, 4) is 0 Å². The maximum atomic E-state index is 11.9. The Kier molecular flexibility index (Phi) is 7.72. The fourth-order valence-corrected chi connectivity index (χ4v) is 1.83. The Hall–Kier alpha value is -2.45. The normalized spacial score (nSPS) is 11.7. The Balaban J connectivity index is 2.51. The molecule has 0 aliphatic heterocycles. The van der Waals surface area contributed by atoms with Gasteiger partial charge in [-0.05, 0) is 37.2 Å². The zero-order valence-corrected chi connectivity index (χ0v) is 12.7. The predicted octanol–water partition coefficient (Wildman–Crippen LogP) is 0.793. The van der Waals surface area contributed by atoms with Gasteiger partial charge in [0.25, 0.3) is 0 Å². The molecular formula is C15H20N2O6. The fraction of sp³-hybridized carbons (Fsp3) is 0.400. The van der Waals surface area contributed by atoms with Gasteiger partial charge in [-0.15, -0.1) is 0 Å². The molecule has 0 saturated carbocycles. The molecule has 1 unspecified atom stereocenters. The van der Waals surface area contributed by atoms with Crippen LogP contribution in [0, 0.1) is 0 Å². The number of carboxylic acid groups (broad SMARTS) is 2. The van der Waals surface area contributed by atoms with Gasteiger partial charge < -0.3 is 25.6 Å². The molecule has 0 aliphatic rings. The Morgan fingerprint density at radius 1 is 1.17 bits per heavy atom. The first kappa shape index (κ1) is 18.6. The first-order chi connectivity index (χ1) is 10.9. The molecule has 8 heteroatoms. The standard InChI is InChI=1S/C15H20N2O6/c1-23-8-2-7-16-12(15(21)22)9-13(18)17-11-5-3-10(4-6-11)14(19)20/h3-6,12,16H,2,7-9H2,1H3,(H,17,18)(H,19,20)(H,21,22). The SMILES string of the molecule is COCCCNC(CC(=O)Nc1ccc(C(=O)O)cc1)C(=O)O. The van der Waals surface area contributed by atoms with E-state index in [1.165, 1.54) is 24.3 Å². The van der Waals surface area contributed by atoms with E-state index in [4.69, 9.17) is 14.9 Å². The van der Waals surface area contributed by atoms with Crippen molar-refractivity contribution in [3.05, 3.63) is 29.8 Å². The summed E-state index contributed by atoms with van der Waals surface area (Å²) in [4.78, 5) is 33.7. The number of benzene rings is 1. The lowest BCUT2D eigenvalue weighted by Gasteiger charge is -2.14. The molecule has 4 N–H and O–H groups in total. The maximum absolute atomic E-state index is 11.9. The summed E-state index contributed by atoms with van der Waals surface area (Å²) in [6, 6.07) is 4.61. The van der Waals surface area contributed by atoms with E-state index in [9.17, 15) is 14.4 Å². The third kappa shape index (κ3) is 6.90. The number of hydrogen-bond acceptors (Lipinski definition) is 5. The topological polar surface area (TPSA) is 125 Å². The van der Waals surface area contributed by atoms with Gasteiger partial charge in [0.15, 0.2) is 0 Å². The number of anilines is 1. The summed E-state index contributed by atoms with van der Waals surface area (Å²) in [6.45, 7) is 0.923. The van der Waals surface area contributed by atoms with Crippen LogP contribution in [0.25, 0.3) is 0 Å². The number of hydrogen-bond donors (Lipinski definition) is 4. The van der Waals surface area contributed by atoms with E-state index in [1.807, 2.05) is 0 Å². The number of rotatable bonds is 10. The first-order valence-corrected chi connectivity index (χ1v) is 7.02. The number of aliphatic carboxylic acids is 1. The zero-order chi connectivity index (χ0) is 17.2. The summed E-state index contributed by atoms with van der Waals surface area (Å²) in [5.74, 6) is -2.65. The lowest BCUT2D eigenvalue weighted by Crippen LogP contribution is -2.40. The van der Waals surface area contributed by atoms with Crippen molar-refractivity contribution in [1.82, 2.24) is 5.32 Å². The molecule has 0 saturated heterocycles. The molecule has 126 valence electrons. The molecule has 1 rings (SSSR count). The Bertz CT molecular complexity index is 543. The summed E-state index contributed by atoms with van der Waals surface area (Å²) < 4.78 is 4.86. The highest BCUT2D eigenvalue weighted by molar-refractivity contribution is 5.94. The van der Waals surface area contributed by atoms with Gasteiger partial charge in [-0.25, -0.2) is 4.79 Å². The molecule has 0 spiro atoms. The minimum atomic E-state index is -1.11. The maximum Gasteiger partial charge on any atom is 0.335 e. The second kappa shape index (κ2) is 9.54. The van der Waals surface area contributed by atoms with Crippen LogP contribution in [0.15, 0.2) is 24.3 Å². The van der Waals surface area contributed by atoms with Gasteiger partial charge in [0, 0.05) is 19.4 Å². The molecule has 0 radical (unpaired) electrons. The van der Waals surface area contributed by atoms with Crippen molar-refractivity contribution in [2.45, 2.75) is 18.9 Å². The lowest BCUT2D eigenvalue weighted by atomic mass is 10.1. The molecule has 1 aromatic rings. The Morgan fingerprint density at radius 2 is 1.83 bits per heavy atom. The van der Waals surface area contributed by atoms with E-state index in [1.54, 1.807) is 7.11 Å². The third-order valence-electron chi connectivity index (χ3n) is 3.02. The minimum Gasteiger partial charge on any atom is -0.480 e. The van der Waals surface area contributed by atoms with Gasteiger partial charge in [0.1, 0.15) is 6.04 Å². The number of nitrogens with one attached hydrogen (secondary N) is 2. The molecule has 23 heavy (non-hydrogen) atoms. The molecule has 1 atom stereocenters. The number of carboxylic acids is 2. The number of carbonyl (C=O) groups is 3. The predicted molar refractivity (Wildman–Crippen MR) is 82.6 cm³/mol. The molecule has 0 bridgehead atoms.